The van der Waals surface area contributed by atoms with Gasteiger partial charge < -0.3 is 14.6 Å². The normalized spacial score (nSPS) is 10.6. The number of carbonyl (C=O) groups is 1. The molecule has 1 N–H and O–H groups in total. The van der Waals surface area contributed by atoms with Gasteiger partial charge in [-0.3, -0.25) is 14.9 Å². The Labute approximate surface area is 142 Å². The standard InChI is InChI=1S/C17H15N3O5/c1-10-3-6-16-12(7-10)14(19-25-16)9-17(21)18-13-5-4-11(24-2)8-15(13)20(22)23/h3-8H,9H2,1-2H3,(H,18,21). The number of methoxy groups -OCH3 is 1. The van der Waals surface area contributed by atoms with Gasteiger partial charge in [-0.15, -0.1) is 0 Å². The number of benzene rings is 2. The molecule has 3 aromatic rings. The number of aryl methyl sites for hydroxylation is 1. The highest BCUT2D eigenvalue weighted by Gasteiger charge is 2.19. The van der Waals surface area contributed by atoms with Crippen LogP contribution in [0.1, 0.15) is 11.3 Å². The topological polar surface area (TPSA) is 108 Å². The summed E-state index contributed by atoms with van der Waals surface area (Å²) in [5, 5.41) is 18.4. The molecule has 0 fully saturated rings. The van der Waals surface area contributed by atoms with Crippen molar-refractivity contribution < 1.29 is 19.0 Å². The molecule has 0 spiro atoms. The molecule has 0 bridgehead atoms. The minimum absolute atomic E-state index is 0.0559. The van der Waals surface area contributed by atoms with E-state index in [0.717, 1.165) is 10.9 Å². The highest BCUT2D eigenvalue weighted by Crippen LogP contribution is 2.29. The molecule has 0 unspecified atom stereocenters. The van der Waals surface area contributed by atoms with E-state index in [1.165, 1.54) is 25.3 Å². The molecule has 128 valence electrons. The molecule has 8 heteroatoms. The number of ether oxygens (including phenoxy) is 1. The van der Waals surface area contributed by atoms with E-state index in [1.54, 1.807) is 6.07 Å². The first-order valence-corrected chi connectivity index (χ1v) is 7.45. The number of nitrogens with zero attached hydrogens (tertiary/aromatic N) is 2. The van der Waals surface area contributed by atoms with Crippen LogP contribution in [0.25, 0.3) is 11.0 Å². The molecule has 1 heterocycles. The maximum absolute atomic E-state index is 12.3. The summed E-state index contributed by atoms with van der Waals surface area (Å²) in [4.78, 5) is 22.9. The van der Waals surface area contributed by atoms with Crippen molar-refractivity contribution in [3.8, 4) is 5.75 Å². The van der Waals surface area contributed by atoms with Crippen molar-refractivity contribution in [2.45, 2.75) is 13.3 Å². The lowest BCUT2D eigenvalue weighted by Gasteiger charge is -2.07. The van der Waals surface area contributed by atoms with Crippen molar-refractivity contribution in [1.82, 2.24) is 5.16 Å². The number of rotatable bonds is 5. The fourth-order valence-electron chi connectivity index (χ4n) is 2.47. The molecule has 0 radical (unpaired) electrons. The average Bonchev–Trinajstić information content (AvgIpc) is 2.97. The number of aromatic nitrogens is 1. The Kier molecular flexibility index (Phi) is 4.34. The number of hydrogen-bond donors (Lipinski definition) is 1. The predicted molar refractivity (Wildman–Crippen MR) is 90.7 cm³/mol. The quantitative estimate of drug-likeness (QED) is 0.564. The van der Waals surface area contributed by atoms with Gasteiger partial charge in [-0.1, -0.05) is 16.8 Å². The van der Waals surface area contributed by atoms with Crippen LogP contribution in [0.5, 0.6) is 5.75 Å². The smallest absolute Gasteiger partial charge is 0.296 e. The van der Waals surface area contributed by atoms with Crippen LogP contribution < -0.4 is 10.1 Å². The summed E-state index contributed by atoms with van der Waals surface area (Å²) in [5.74, 6) is -0.0901. The predicted octanol–water partition coefficient (Wildman–Crippen LogP) is 3.23. The average molecular weight is 341 g/mol. The van der Waals surface area contributed by atoms with Gasteiger partial charge in [-0.05, 0) is 31.2 Å². The molecular formula is C17H15N3O5. The molecule has 0 saturated carbocycles. The van der Waals surface area contributed by atoms with Crippen molar-refractivity contribution in [2.24, 2.45) is 0 Å². The van der Waals surface area contributed by atoms with Crippen LogP contribution in [-0.4, -0.2) is 23.1 Å². The number of nitrogens with one attached hydrogen (secondary N) is 1. The van der Waals surface area contributed by atoms with Gasteiger partial charge >= 0.3 is 0 Å². The maximum Gasteiger partial charge on any atom is 0.296 e. The van der Waals surface area contributed by atoms with Gasteiger partial charge in [0.25, 0.3) is 5.69 Å². The van der Waals surface area contributed by atoms with Crippen LogP contribution in [0.15, 0.2) is 40.9 Å². The number of fused-ring (bicyclic) bond motifs is 1. The number of amides is 1. The SMILES string of the molecule is COc1ccc(NC(=O)Cc2noc3ccc(C)cc23)c([N+](=O)[O-])c1. The molecule has 1 aromatic heterocycles. The van der Waals surface area contributed by atoms with Gasteiger partial charge in [-0.25, -0.2) is 0 Å². The van der Waals surface area contributed by atoms with Crippen LogP contribution in [0.3, 0.4) is 0 Å². The van der Waals surface area contributed by atoms with Crippen LogP contribution in [0.2, 0.25) is 0 Å². The van der Waals surface area contributed by atoms with E-state index in [1.807, 2.05) is 19.1 Å². The number of nitro benzene ring substituents is 1. The van der Waals surface area contributed by atoms with Crippen LogP contribution >= 0.6 is 0 Å². The Morgan fingerprint density at radius 2 is 2.12 bits per heavy atom. The first-order chi connectivity index (χ1) is 12.0. The van der Waals surface area contributed by atoms with E-state index in [-0.39, 0.29) is 17.8 Å². The molecule has 3 rings (SSSR count). The lowest BCUT2D eigenvalue weighted by molar-refractivity contribution is -0.384. The number of anilines is 1. The van der Waals surface area contributed by atoms with E-state index in [2.05, 4.69) is 10.5 Å². The second kappa shape index (κ2) is 6.60. The zero-order valence-electron chi connectivity index (χ0n) is 13.6. The summed E-state index contributed by atoms with van der Waals surface area (Å²) in [7, 11) is 1.41. The molecule has 0 atom stereocenters. The number of hydrogen-bond acceptors (Lipinski definition) is 6. The Bertz CT molecular complexity index is 964. The van der Waals surface area contributed by atoms with Crippen molar-refractivity contribution in [2.75, 3.05) is 12.4 Å². The third-order valence-electron chi connectivity index (χ3n) is 3.70. The van der Waals surface area contributed by atoms with Crippen LogP contribution in [-0.2, 0) is 11.2 Å². The van der Waals surface area contributed by atoms with Crippen molar-refractivity contribution >= 4 is 28.3 Å². The first-order valence-electron chi connectivity index (χ1n) is 7.45. The van der Waals surface area contributed by atoms with Crippen LogP contribution in [0, 0.1) is 17.0 Å². The molecular weight excluding hydrogens is 326 g/mol. The monoisotopic (exact) mass is 341 g/mol. The third-order valence-corrected chi connectivity index (χ3v) is 3.70. The lowest BCUT2D eigenvalue weighted by Crippen LogP contribution is -2.15. The molecule has 2 aromatic carbocycles. The summed E-state index contributed by atoms with van der Waals surface area (Å²) in [5.41, 5.74) is 1.94. The van der Waals surface area contributed by atoms with Crippen molar-refractivity contribution in [1.29, 1.82) is 0 Å². The minimum atomic E-state index is -0.576. The second-order valence-electron chi connectivity index (χ2n) is 5.49. The Balaban J connectivity index is 1.83. The summed E-state index contributed by atoms with van der Waals surface area (Å²) in [6.07, 6.45) is -0.0559. The molecule has 1 amide bonds. The van der Waals surface area contributed by atoms with E-state index in [4.69, 9.17) is 9.26 Å². The van der Waals surface area contributed by atoms with Crippen molar-refractivity contribution in [3.05, 3.63) is 57.8 Å². The summed E-state index contributed by atoms with van der Waals surface area (Å²) >= 11 is 0. The van der Waals surface area contributed by atoms with Gasteiger partial charge in [0.1, 0.15) is 17.1 Å². The Morgan fingerprint density at radius 1 is 1.32 bits per heavy atom. The van der Waals surface area contributed by atoms with Gasteiger partial charge in [0.15, 0.2) is 5.58 Å². The van der Waals surface area contributed by atoms with Gasteiger partial charge in [-0.2, -0.15) is 0 Å². The van der Waals surface area contributed by atoms with E-state index >= 15 is 0 Å². The molecule has 0 aliphatic rings. The van der Waals surface area contributed by atoms with Gasteiger partial charge in [0.05, 0.1) is 24.5 Å². The molecule has 25 heavy (non-hydrogen) atoms. The maximum atomic E-state index is 12.3. The molecule has 8 nitrogen and oxygen atoms in total. The zero-order chi connectivity index (χ0) is 18.0. The molecule has 0 aliphatic carbocycles. The number of carbonyl (C=O) groups excluding carboxylic acids is 1. The summed E-state index contributed by atoms with van der Waals surface area (Å²) < 4.78 is 10.2. The van der Waals surface area contributed by atoms with E-state index < -0.39 is 10.8 Å². The highest BCUT2D eigenvalue weighted by atomic mass is 16.6. The number of nitro groups is 1. The summed E-state index contributed by atoms with van der Waals surface area (Å²) in [6.45, 7) is 1.93. The van der Waals surface area contributed by atoms with Gasteiger partial charge in [0.2, 0.25) is 5.91 Å². The van der Waals surface area contributed by atoms with E-state index in [9.17, 15) is 14.9 Å². The Hall–Kier alpha value is -3.42. The van der Waals surface area contributed by atoms with Gasteiger partial charge in [0, 0.05) is 5.39 Å². The lowest BCUT2D eigenvalue weighted by atomic mass is 10.1. The largest absolute Gasteiger partial charge is 0.496 e. The third kappa shape index (κ3) is 3.42. The van der Waals surface area contributed by atoms with Crippen molar-refractivity contribution in [3.63, 3.8) is 0 Å². The fourth-order valence-corrected chi connectivity index (χ4v) is 2.47. The highest BCUT2D eigenvalue weighted by molar-refractivity contribution is 5.96. The minimum Gasteiger partial charge on any atom is -0.496 e. The van der Waals surface area contributed by atoms with E-state index in [0.29, 0.717) is 17.0 Å². The Morgan fingerprint density at radius 3 is 2.84 bits per heavy atom. The second-order valence-corrected chi connectivity index (χ2v) is 5.49. The zero-order valence-corrected chi connectivity index (χ0v) is 13.6. The van der Waals surface area contributed by atoms with Crippen LogP contribution in [0.4, 0.5) is 11.4 Å². The summed E-state index contributed by atoms with van der Waals surface area (Å²) in [6, 6.07) is 9.78. The fraction of sp³-hybridized carbons (Fsp3) is 0.176. The first kappa shape index (κ1) is 16.4. The molecule has 0 saturated heterocycles. The molecule has 0 aliphatic heterocycles.